The number of pyridine rings is 1. The summed E-state index contributed by atoms with van der Waals surface area (Å²) in [5.41, 5.74) is -0.104. The number of nitrogens with one attached hydrogen (secondary N) is 2. The second-order valence-electron chi connectivity index (χ2n) is 8.73. The number of benzene rings is 2. The minimum absolute atomic E-state index is 0.127. The molecule has 34 heavy (non-hydrogen) atoms. The topological polar surface area (TPSA) is 74.4 Å². The highest BCUT2D eigenvalue weighted by atomic mass is 35.5. The highest BCUT2D eigenvalue weighted by Crippen LogP contribution is 2.28. The Labute approximate surface area is 207 Å². The Kier molecular flexibility index (Phi) is 7.76. The number of likely N-dealkylation sites (tertiary alicyclic amines) is 1. The van der Waals surface area contributed by atoms with Gasteiger partial charge < -0.3 is 19.9 Å². The van der Waals surface area contributed by atoms with Gasteiger partial charge in [-0.3, -0.25) is 9.59 Å². The van der Waals surface area contributed by atoms with Gasteiger partial charge in [0.25, 0.3) is 11.5 Å². The van der Waals surface area contributed by atoms with Gasteiger partial charge in [0.1, 0.15) is 17.7 Å². The number of hydrogen-bond donors (Lipinski definition) is 2. The lowest BCUT2D eigenvalue weighted by Crippen LogP contribution is -2.42. The van der Waals surface area contributed by atoms with Crippen molar-refractivity contribution in [3.05, 3.63) is 74.4 Å². The Bertz CT molecular complexity index is 1240. The molecule has 1 aliphatic rings. The van der Waals surface area contributed by atoms with Crippen molar-refractivity contribution in [3.63, 3.8) is 0 Å². The normalized spacial score (nSPS) is 15.9. The number of carbonyl (C=O) groups is 1. The number of halogens is 3. The molecule has 0 bridgehead atoms. The van der Waals surface area contributed by atoms with Crippen molar-refractivity contribution >= 4 is 39.9 Å². The highest BCUT2D eigenvalue weighted by Gasteiger charge is 2.22. The minimum atomic E-state index is -0.518. The molecule has 1 atom stereocenters. The van der Waals surface area contributed by atoms with Gasteiger partial charge in [-0.25, -0.2) is 4.39 Å². The number of fused-ring (bicyclic) bond motifs is 1. The molecule has 1 fully saturated rings. The summed E-state index contributed by atoms with van der Waals surface area (Å²) in [5.74, 6) is 0.133. The first-order valence-electron chi connectivity index (χ1n) is 11.2. The van der Waals surface area contributed by atoms with E-state index in [-0.39, 0.29) is 23.3 Å². The van der Waals surface area contributed by atoms with Gasteiger partial charge in [-0.15, -0.1) is 0 Å². The van der Waals surface area contributed by atoms with Crippen LogP contribution in [0.2, 0.25) is 10.0 Å². The maximum atomic E-state index is 13.5. The zero-order chi connectivity index (χ0) is 24.2. The summed E-state index contributed by atoms with van der Waals surface area (Å²) in [6.45, 7) is 5.22. The predicted octanol–water partition coefficient (Wildman–Crippen LogP) is 4.88. The van der Waals surface area contributed by atoms with E-state index in [1.54, 1.807) is 12.1 Å². The average molecular weight is 506 g/mol. The Morgan fingerprint density at radius 3 is 2.68 bits per heavy atom. The third kappa shape index (κ3) is 5.90. The van der Waals surface area contributed by atoms with E-state index in [4.69, 9.17) is 27.9 Å². The fraction of sp³-hybridized carbons (Fsp3) is 0.360. The molecule has 3 aromatic rings. The molecule has 0 saturated carbocycles. The molecule has 1 saturated heterocycles. The predicted molar refractivity (Wildman–Crippen MR) is 133 cm³/mol. The summed E-state index contributed by atoms with van der Waals surface area (Å²) < 4.78 is 19.6. The van der Waals surface area contributed by atoms with Gasteiger partial charge in [-0.05, 0) is 43.0 Å². The maximum Gasteiger partial charge on any atom is 0.255 e. The number of piperidine rings is 1. The van der Waals surface area contributed by atoms with E-state index in [1.807, 2.05) is 6.07 Å². The number of carbonyl (C=O) groups excluding carboxylic acids is 1. The van der Waals surface area contributed by atoms with Crippen LogP contribution in [0.25, 0.3) is 10.8 Å². The standard InChI is InChI=1S/C25H26Cl2FN3O3/c1-15(12-29-25(33)21-13-30-24(32)20-10-16(28)2-4-19(20)21)14-31-8-6-17(7-9-31)34-18-3-5-22(26)23(27)11-18/h2-5,10-11,13,15,17H,6-9,12,14H2,1H3,(H,29,33)(H,30,32)/t15-/m1/s1. The minimum Gasteiger partial charge on any atom is -0.490 e. The summed E-state index contributed by atoms with van der Waals surface area (Å²) in [5, 5.41) is 4.51. The molecular formula is C25H26Cl2FN3O3. The van der Waals surface area contributed by atoms with E-state index in [2.05, 4.69) is 22.1 Å². The van der Waals surface area contributed by atoms with Crippen molar-refractivity contribution in [3.8, 4) is 5.75 Å². The molecule has 2 heterocycles. The first-order valence-corrected chi connectivity index (χ1v) is 12.0. The van der Waals surface area contributed by atoms with Crippen LogP contribution >= 0.6 is 23.2 Å². The SMILES string of the molecule is C[C@H](CNC(=O)c1c[nH]c(=O)c2cc(F)ccc12)CN1CCC(Oc2ccc(Cl)c(Cl)c2)CC1. The summed E-state index contributed by atoms with van der Waals surface area (Å²) in [6, 6.07) is 9.15. The maximum absolute atomic E-state index is 13.5. The van der Waals surface area contributed by atoms with Crippen molar-refractivity contribution in [2.45, 2.75) is 25.9 Å². The molecule has 2 aromatic carbocycles. The molecule has 4 rings (SSSR count). The van der Waals surface area contributed by atoms with E-state index in [0.717, 1.165) is 44.3 Å². The number of amides is 1. The van der Waals surface area contributed by atoms with Crippen LogP contribution in [0, 0.1) is 11.7 Å². The van der Waals surface area contributed by atoms with Crippen LogP contribution in [0.5, 0.6) is 5.75 Å². The summed E-state index contributed by atoms with van der Waals surface area (Å²) in [4.78, 5) is 29.6. The molecular weight excluding hydrogens is 480 g/mol. The van der Waals surface area contributed by atoms with Gasteiger partial charge in [-0.2, -0.15) is 0 Å². The number of aromatic nitrogens is 1. The molecule has 180 valence electrons. The molecule has 9 heteroatoms. The second kappa shape index (κ2) is 10.8. The van der Waals surface area contributed by atoms with E-state index < -0.39 is 11.4 Å². The fourth-order valence-corrected chi connectivity index (χ4v) is 4.53. The number of rotatable bonds is 7. The molecule has 1 amide bonds. The third-order valence-corrected chi connectivity index (χ3v) is 6.76. The summed E-state index contributed by atoms with van der Waals surface area (Å²) in [6.07, 6.45) is 3.31. The monoisotopic (exact) mass is 505 g/mol. The quantitative estimate of drug-likeness (QED) is 0.479. The number of nitrogens with zero attached hydrogens (tertiary/aromatic N) is 1. The number of hydrogen-bond acceptors (Lipinski definition) is 4. The third-order valence-electron chi connectivity index (χ3n) is 6.02. The van der Waals surface area contributed by atoms with Crippen molar-refractivity contribution in [1.82, 2.24) is 15.2 Å². The zero-order valence-corrected chi connectivity index (χ0v) is 20.3. The van der Waals surface area contributed by atoms with E-state index in [9.17, 15) is 14.0 Å². The number of ether oxygens (including phenoxy) is 1. The Hall–Kier alpha value is -2.61. The highest BCUT2D eigenvalue weighted by molar-refractivity contribution is 6.42. The molecule has 2 N–H and O–H groups in total. The van der Waals surface area contributed by atoms with E-state index in [1.165, 1.54) is 18.3 Å². The van der Waals surface area contributed by atoms with Crippen LogP contribution in [0.15, 0.2) is 47.4 Å². The average Bonchev–Trinajstić information content (AvgIpc) is 2.82. The van der Waals surface area contributed by atoms with Gasteiger partial charge in [0.15, 0.2) is 0 Å². The van der Waals surface area contributed by atoms with Gasteiger partial charge in [0, 0.05) is 43.8 Å². The Balaban J connectivity index is 1.25. The zero-order valence-electron chi connectivity index (χ0n) is 18.7. The lowest BCUT2D eigenvalue weighted by molar-refractivity contribution is 0.0886. The van der Waals surface area contributed by atoms with Crippen molar-refractivity contribution < 1.29 is 13.9 Å². The van der Waals surface area contributed by atoms with Gasteiger partial charge in [0.05, 0.1) is 21.0 Å². The van der Waals surface area contributed by atoms with Crippen molar-refractivity contribution in [1.29, 1.82) is 0 Å². The lowest BCUT2D eigenvalue weighted by atomic mass is 10.0. The molecule has 6 nitrogen and oxygen atoms in total. The first-order chi connectivity index (χ1) is 16.3. The number of aromatic amines is 1. The van der Waals surface area contributed by atoms with Gasteiger partial charge in [0.2, 0.25) is 0 Å². The van der Waals surface area contributed by atoms with Crippen LogP contribution in [0.3, 0.4) is 0 Å². The van der Waals surface area contributed by atoms with Crippen molar-refractivity contribution in [2.75, 3.05) is 26.2 Å². The van der Waals surface area contributed by atoms with E-state index >= 15 is 0 Å². The van der Waals surface area contributed by atoms with E-state index in [0.29, 0.717) is 27.5 Å². The lowest BCUT2D eigenvalue weighted by Gasteiger charge is -2.33. The molecule has 1 aliphatic heterocycles. The second-order valence-corrected chi connectivity index (χ2v) is 9.54. The molecule has 0 radical (unpaired) electrons. The summed E-state index contributed by atoms with van der Waals surface area (Å²) in [7, 11) is 0. The summed E-state index contributed by atoms with van der Waals surface area (Å²) >= 11 is 12.0. The Morgan fingerprint density at radius 2 is 1.94 bits per heavy atom. The van der Waals surface area contributed by atoms with Crippen LogP contribution in [-0.2, 0) is 0 Å². The van der Waals surface area contributed by atoms with Crippen LogP contribution in [-0.4, -0.2) is 48.1 Å². The molecule has 0 unspecified atom stereocenters. The van der Waals surface area contributed by atoms with Crippen LogP contribution < -0.4 is 15.6 Å². The van der Waals surface area contributed by atoms with Crippen LogP contribution in [0.4, 0.5) is 4.39 Å². The van der Waals surface area contributed by atoms with Gasteiger partial charge >= 0.3 is 0 Å². The number of H-pyrrole nitrogens is 1. The molecule has 1 aromatic heterocycles. The Morgan fingerprint density at radius 1 is 1.18 bits per heavy atom. The molecule has 0 spiro atoms. The smallest absolute Gasteiger partial charge is 0.255 e. The van der Waals surface area contributed by atoms with Gasteiger partial charge in [-0.1, -0.05) is 36.2 Å². The molecule has 0 aliphatic carbocycles. The van der Waals surface area contributed by atoms with Crippen molar-refractivity contribution in [2.24, 2.45) is 5.92 Å². The van der Waals surface area contributed by atoms with Crippen LogP contribution in [0.1, 0.15) is 30.1 Å². The first kappa shape index (κ1) is 24.5. The fourth-order valence-electron chi connectivity index (χ4n) is 4.24. The largest absolute Gasteiger partial charge is 0.490 e.